The predicted octanol–water partition coefficient (Wildman–Crippen LogP) is 3.06. The van der Waals surface area contributed by atoms with Crippen molar-refractivity contribution in [3.63, 3.8) is 0 Å². The van der Waals surface area contributed by atoms with Crippen molar-refractivity contribution in [2.45, 2.75) is 63.1 Å². The number of hydrogen-bond acceptors (Lipinski definition) is 3. The molecule has 0 aliphatic heterocycles. The van der Waals surface area contributed by atoms with E-state index in [1.165, 1.54) is 12.8 Å². The van der Waals surface area contributed by atoms with Crippen LogP contribution in [-0.2, 0) is 16.6 Å². The van der Waals surface area contributed by atoms with E-state index in [4.69, 9.17) is 11.6 Å². The molecule has 21 heavy (non-hydrogen) atoms. The van der Waals surface area contributed by atoms with Crippen molar-refractivity contribution in [1.82, 2.24) is 10.0 Å². The Labute approximate surface area is 132 Å². The summed E-state index contributed by atoms with van der Waals surface area (Å²) in [5, 5.41) is 3.64. The van der Waals surface area contributed by atoms with Gasteiger partial charge in [0.15, 0.2) is 0 Å². The zero-order chi connectivity index (χ0) is 15.5. The monoisotopic (exact) mass is 330 g/mol. The fourth-order valence-electron chi connectivity index (χ4n) is 2.23. The van der Waals surface area contributed by atoms with Crippen LogP contribution in [0.5, 0.6) is 0 Å². The number of sulfonamides is 1. The second-order valence-corrected chi connectivity index (χ2v) is 7.82. The SMILES string of the molecule is CCCC(C)NS(=O)(=O)c1cc(CNC2CC2)ccc1Cl. The molecule has 1 fully saturated rings. The van der Waals surface area contributed by atoms with Crippen molar-refractivity contribution in [3.8, 4) is 0 Å². The summed E-state index contributed by atoms with van der Waals surface area (Å²) in [5.41, 5.74) is 0.940. The zero-order valence-electron chi connectivity index (χ0n) is 12.5. The van der Waals surface area contributed by atoms with E-state index >= 15 is 0 Å². The summed E-state index contributed by atoms with van der Waals surface area (Å²) < 4.78 is 27.5. The molecule has 6 heteroatoms. The maximum atomic E-state index is 12.4. The Hall–Kier alpha value is -0.620. The van der Waals surface area contributed by atoms with Crippen LogP contribution < -0.4 is 10.0 Å². The van der Waals surface area contributed by atoms with Crippen LogP contribution in [0, 0.1) is 0 Å². The third-order valence-electron chi connectivity index (χ3n) is 3.54. The maximum Gasteiger partial charge on any atom is 0.242 e. The summed E-state index contributed by atoms with van der Waals surface area (Å²) in [6.45, 7) is 4.57. The van der Waals surface area contributed by atoms with Crippen molar-refractivity contribution in [2.75, 3.05) is 0 Å². The summed E-state index contributed by atoms with van der Waals surface area (Å²) in [7, 11) is -3.57. The van der Waals surface area contributed by atoms with E-state index in [0.29, 0.717) is 12.6 Å². The zero-order valence-corrected chi connectivity index (χ0v) is 14.1. The maximum absolute atomic E-state index is 12.4. The van der Waals surface area contributed by atoms with Crippen LogP contribution in [0.3, 0.4) is 0 Å². The second kappa shape index (κ2) is 7.09. The number of rotatable bonds is 8. The molecule has 0 saturated heterocycles. The lowest BCUT2D eigenvalue weighted by Crippen LogP contribution is -2.32. The van der Waals surface area contributed by atoms with Crippen LogP contribution >= 0.6 is 11.6 Å². The molecule has 1 unspecified atom stereocenters. The van der Waals surface area contributed by atoms with Gasteiger partial charge in [-0.3, -0.25) is 0 Å². The molecule has 1 aromatic carbocycles. The second-order valence-electron chi connectivity index (χ2n) is 5.73. The van der Waals surface area contributed by atoms with Gasteiger partial charge in [-0.2, -0.15) is 0 Å². The molecule has 1 aliphatic carbocycles. The van der Waals surface area contributed by atoms with Crippen molar-refractivity contribution in [1.29, 1.82) is 0 Å². The third kappa shape index (κ3) is 4.95. The van der Waals surface area contributed by atoms with Gasteiger partial charge in [0.25, 0.3) is 0 Å². The Morgan fingerprint density at radius 2 is 2.10 bits per heavy atom. The Balaban J connectivity index is 2.13. The molecule has 0 spiro atoms. The average Bonchev–Trinajstić information content (AvgIpc) is 3.21. The van der Waals surface area contributed by atoms with Crippen LogP contribution in [0.25, 0.3) is 0 Å². The van der Waals surface area contributed by atoms with E-state index in [9.17, 15) is 8.42 Å². The van der Waals surface area contributed by atoms with Gasteiger partial charge in [-0.1, -0.05) is 31.0 Å². The van der Waals surface area contributed by atoms with Crippen molar-refractivity contribution in [3.05, 3.63) is 28.8 Å². The quantitative estimate of drug-likeness (QED) is 0.770. The van der Waals surface area contributed by atoms with Gasteiger partial charge in [0.05, 0.1) is 5.02 Å². The minimum Gasteiger partial charge on any atom is -0.310 e. The van der Waals surface area contributed by atoms with Crippen LogP contribution in [0.2, 0.25) is 5.02 Å². The molecule has 0 bridgehead atoms. The van der Waals surface area contributed by atoms with Gasteiger partial charge in [-0.25, -0.2) is 13.1 Å². The molecular weight excluding hydrogens is 308 g/mol. The molecule has 0 amide bonds. The molecule has 1 saturated carbocycles. The van der Waals surface area contributed by atoms with E-state index in [1.54, 1.807) is 12.1 Å². The molecular formula is C15H23ClN2O2S. The number of halogens is 1. The van der Waals surface area contributed by atoms with Crippen molar-refractivity contribution in [2.24, 2.45) is 0 Å². The fourth-order valence-corrected chi connectivity index (χ4v) is 4.06. The molecule has 118 valence electrons. The minimum absolute atomic E-state index is 0.0932. The highest BCUT2D eigenvalue weighted by Gasteiger charge is 2.22. The molecule has 1 atom stereocenters. The summed E-state index contributed by atoms with van der Waals surface area (Å²) in [4.78, 5) is 0.169. The summed E-state index contributed by atoms with van der Waals surface area (Å²) in [6, 6.07) is 5.68. The van der Waals surface area contributed by atoms with Crippen LogP contribution in [-0.4, -0.2) is 20.5 Å². The van der Waals surface area contributed by atoms with Gasteiger partial charge in [-0.05, 0) is 43.9 Å². The van der Waals surface area contributed by atoms with E-state index < -0.39 is 10.0 Å². The lowest BCUT2D eigenvalue weighted by atomic mass is 10.2. The Bertz CT molecular complexity index is 585. The van der Waals surface area contributed by atoms with Crippen LogP contribution in [0.4, 0.5) is 0 Å². The fraction of sp³-hybridized carbons (Fsp3) is 0.600. The van der Waals surface area contributed by atoms with Gasteiger partial charge in [-0.15, -0.1) is 0 Å². The Morgan fingerprint density at radius 3 is 2.71 bits per heavy atom. The number of benzene rings is 1. The summed E-state index contributed by atoms with van der Waals surface area (Å²) in [6.07, 6.45) is 4.15. The smallest absolute Gasteiger partial charge is 0.242 e. The first-order valence-corrected chi connectivity index (χ1v) is 9.32. The molecule has 2 N–H and O–H groups in total. The van der Waals surface area contributed by atoms with Gasteiger partial charge >= 0.3 is 0 Å². The number of nitrogens with one attached hydrogen (secondary N) is 2. The predicted molar refractivity (Wildman–Crippen MR) is 86.0 cm³/mol. The molecule has 1 aromatic rings. The van der Waals surface area contributed by atoms with E-state index in [1.807, 2.05) is 19.9 Å². The number of hydrogen-bond donors (Lipinski definition) is 2. The van der Waals surface area contributed by atoms with Crippen LogP contribution in [0.15, 0.2) is 23.1 Å². The molecule has 0 heterocycles. The molecule has 1 aliphatic rings. The highest BCUT2D eigenvalue weighted by atomic mass is 35.5. The molecule has 0 radical (unpaired) electrons. The highest BCUT2D eigenvalue weighted by molar-refractivity contribution is 7.89. The standard InChI is InChI=1S/C15H23ClN2O2S/c1-3-4-11(2)18-21(19,20)15-9-12(5-8-14(15)16)10-17-13-6-7-13/h5,8-9,11,13,17-18H,3-4,6-7,10H2,1-2H3. The molecule has 4 nitrogen and oxygen atoms in total. The normalized spacial score (nSPS) is 16.9. The van der Waals surface area contributed by atoms with Crippen LogP contribution in [0.1, 0.15) is 45.1 Å². The Morgan fingerprint density at radius 1 is 1.38 bits per heavy atom. The lowest BCUT2D eigenvalue weighted by molar-refractivity contribution is 0.544. The van der Waals surface area contributed by atoms with Gasteiger partial charge in [0.1, 0.15) is 4.90 Å². The van der Waals surface area contributed by atoms with Crippen molar-refractivity contribution < 1.29 is 8.42 Å². The summed E-state index contributed by atoms with van der Waals surface area (Å²) >= 11 is 6.08. The first-order chi connectivity index (χ1) is 9.92. The van der Waals surface area contributed by atoms with E-state index in [0.717, 1.165) is 18.4 Å². The van der Waals surface area contributed by atoms with Gasteiger partial charge in [0.2, 0.25) is 10.0 Å². The largest absolute Gasteiger partial charge is 0.310 e. The highest BCUT2D eigenvalue weighted by Crippen LogP contribution is 2.24. The van der Waals surface area contributed by atoms with Gasteiger partial charge < -0.3 is 5.32 Å². The summed E-state index contributed by atoms with van der Waals surface area (Å²) in [5.74, 6) is 0. The first-order valence-electron chi connectivity index (χ1n) is 7.46. The topological polar surface area (TPSA) is 58.2 Å². The van der Waals surface area contributed by atoms with E-state index in [2.05, 4.69) is 10.0 Å². The van der Waals surface area contributed by atoms with E-state index in [-0.39, 0.29) is 16.0 Å². The first kappa shape index (κ1) is 16.7. The average molecular weight is 331 g/mol. The Kier molecular flexibility index (Phi) is 5.66. The van der Waals surface area contributed by atoms with Gasteiger partial charge in [0, 0.05) is 18.6 Å². The lowest BCUT2D eigenvalue weighted by Gasteiger charge is -2.15. The van der Waals surface area contributed by atoms with Crippen molar-refractivity contribution >= 4 is 21.6 Å². The minimum atomic E-state index is -3.57. The molecule has 2 rings (SSSR count). The molecule has 0 aromatic heterocycles. The third-order valence-corrected chi connectivity index (χ3v) is 5.61.